The largest absolute Gasteiger partial charge is 0.416 e. The lowest BCUT2D eigenvalue weighted by Crippen LogP contribution is -1.89. The van der Waals surface area contributed by atoms with Crippen molar-refractivity contribution in [3.63, 3.8) is 0 Å². The molecule has 0 radical (unpaired) electrons. The van der Waals surface area contributed by atoms with Crippen molar-refractivity contribution >= 4 is 22.5 Å². The van der Waals surface area contributed by atoms with Gasteiger partial charge in [0.25, 0.3) is 5.22 Å². The number of aryl methyl sites for hydroxylation is 1. The Bertz CT molecular complexity index is 1000. The molecule has 0 aliphatic carbocycles. The van der Waals surface area contributed by atoms with Gasteiger partial charge in [-0.25, -0.2) is 0 Å². The van der Waals surface area contributed by atoms with Gasteiger partial charge in [-0.2, -0.15) is 0 Å². The van der Waals surface area contributed by atoms with Crippen LogP contribution in [-0.4, -0.2) is 10.2 Å². The van der Waals surface area contributed by atoms with E-state index in [1.807, 2.05) is 0 Å². The third-order valence-corrected chi connectivity index (χ3v) is 5.33. The molecule has 0 spiro atoms. The van der Waals surface area contributed by atoms with Crippen LogP contribution < -0.4 is 0 Å². The first-order chi connectivity index (χ1) is 12.8. The van der Waals surface area contributed by atoms with Gasteiger partial charge in [0.05, 0.1) is 6.42 Å². The minimum atomic E-state index is 0.623. The summed E-state index contributed by atoms with van der Waals surface area (Å²) in [5, 5.41) is 11.5. The van der Waals surface area contributed by atoms with E-state index in [0.717, 1.165) is 12.2 Å². The molecule has 3 aromatic carbocycles. The van der Waals surface area contributed by atoms with Crippen LogP contribution in [0.5, 0.6) is 0 Å². The first-order valence-corrected chi connectivity index (χ1v) is 9.80. The maximum absolute atomic E-state index is 5.82. The molecule has 0 fully saturated rings. The van der Waals surface area contributed by atoms with E-state index in [4.69, 9.17) is 4.42 Å². The Labute approximate surface area is 157 Å². The molecule has 4 heteroatoms. The van der Waals surface area contributed by atoms with Crippen molar-refractivity contribution in [2.24, 2.45) is 0 Å². The lowest BCUT2D eigenvalue weighted by Gasteiger charge is -2.04. The molecule has 130 valence electrons. The number of hydrogen-bond donors (Lipinski definition) is 0. The van der Waals surface area contributed by atoms with Gasteiger partial charge in [0.1, 0.15) is 0 Å². The van der Waals surface area contributed by atoms with Crippen molar-refractivity contribution < 1.29 is 4.42 Å². The molecular weight excluding hydrogens is 340 g/mol. The van der Waals surface area contributed by atoms with Crippen LogP contribution >= 0.6 is 11.8 Å². The Hall–Kier alpha value is -2.59. The van der Waals surface area contributed by atoms with E-state index in [1.165, 1.54) is 27.5 Å². The number of benzene rings is 3. The lowest BCUT2D eigenvalue weighted by atomic mass is 10.1. The van der Waals surface area contributed by atoms with Crippen molar-refractivity contribution in [1.82, 2.24) is 10.2 Å². The standard InChI is InChI=1S/C22H20N2OS/c1-2-16-10-12-17(13-11-16)14-21-23-24-22(25-21)26-15-19-8-5-7-18-6-3-4-9-20(18)19/h3-13H,2,14-15H2,1H3. The molecule has 0 N–H and O–H groups in total. The van der Waals surface area contributed by atoms with Gasteiger partial charge in [-0.3, -0.25) is 0 Å². The van der Waals surface area contributed by atoms with Gasteiger partial charge >= 0.3 is 0 Å². The van der Waals surface area contributed by atoms with Crippen molar-refractivity contribution in [2.75, 3.05) is 0 Å². The molecule has 0 atom stereocenters. The Kier molecular flexibility index (Phi) is 5.02. The van der Waals surface area contributed by atoms with E-state index in [9.17, 15) is 0 Å². The molecule has 0 aliphatic heterocycles. The zero-order valence-corrected chi connectivity index (χ0v) is 15.5. The molecule has 1 heterocycles. The van der Waals surface area contributed by atoms with E-state index >= 15 is 0 Å². The summed E-state index contributed by atoms with van der Waals surface area (Å²) in [6, 6.07) is 23.4. The van der Waals surface area contributed by atoms with Crippen LogP contribution in [0.3, 0.4) is 0 Å². The lowest BCUT2D eigenvalue weighted by molar-refractivity contribution is 0.420. The van der Waals surface area contributed by atoms with Gasteiger partial charge in [-0.15, -0.1) is 10.2 Å². The maximum atomic E-state index is 5.82. The summed E-state index contributed by atoms with van der Waals surface area (Å²) in [7, 11) is 0. The van der Waals surface area contributed by atoms with Gasteiger partial charge < -0.3 is 4.42 Å². The quantitative estimate of drug-likeness (QED) is 0.415. The minimum absolute atomic E-state index is 0.623. The summed E-state index contributed by atoms with van der Waals surface area (Å²) >= 11 is 1.59. The van der Waals surface area contributed by atoms with Gasteiger partial charge in [0.2, 0.25) is 5.89 Å². The topological polar surface area (TPSA) is 38.9 Å². The zero-order chi connectivity index (χ0) is 17.8. The van der Waals surface area contributed by atoms with Crippen LogP contribution in [0, 0.1) is 0 Å². The molecule has 0 saturated heterocycles. The second-order valence-corrected chi connectivity index (χ2v) is 7.16. The Morgan fingerprint density at radius 1 is 0.846 bits per heavy atom. The highest BCUT2D eigenvalue weighted by Crippen LogP contribution is 2.27. The zero-order valence-electron chi connectivity index (χ0n) is 14.7. The Morgan fingerprint density at radius 2 is 1.62 bits per heavy atom. The molecule has 26 heavy (non-hydrogen) atoms. The van der Waals surface area contributed by atoms with Crippen LogP contribution in [0.1, 0.15) is 29.5 Å². The number of nitrogens with zero attached hydrogens (tertiary/aromatic N) is 2. The normalized spacial score (nSPS) is 11.1. The third kappa shape index (κ3) is 3.81. The molecule has 0 amide bonds. The molecule has 0 aliphatic rings. The first kappa shape index (κ1) is 16.9. The second kappa shape index (κ2) is 7.75. The fraction of sp³-hybridized carbons (Fsp3) is 0.182. The van der Waals surface area contributed by atoms with Crippen LogP contribution in [0.15, 0.2) is 76.4 Å². The number of rotatable bonds is 6. The number of aromatic nitrogens is 2. The SMILES string of the molecule is CCc1ccc(Cc2nnc(SCc3cccc4ccccc34)o2)cc1. The van der Waals surface area contributed by atoms with Crippen molar-refractivity contribution in [1.29, 1.82) is 0 Å². The summed E-state index contributed by atoms with van der Waals surface area (Å²) in [5.41, 5.74) is 3.81. The molecule has 1 aromatic heterocycles. The molecule has 0 unspecified atom stereocenters. The molecule has 3 nitrogen and oxygen atoms in total. The van der Waals surface area contributed by atoms with E-state index < -0.39 is 0 Å². The third-order valence-electron chi connectivity index (χ3n) is 4.47. The average Bonchev–Trinajstić information content (AvgIpc) is 3.14. The highest BCUT2D eigenvalue weighted by atomic mass is 32.2. The number of fused-ring (bicyclic) bond motifs is 1. The van der Waals surface area contributed by atoms with E-state index in [-0.39, 0.29) is 0 Å². The fourth-order valence-electron chi connectivity index (χ4n) is 2.99. The second-order valence-electron chi connectivity index (χ2n) is 6.24. The van der Waals surface area contributed by atoms with E-state index in [0.29, 0.717) is 17.5 Å². The Balaban J connectivity index is 1.43. The summed E-state index contributed by atoms with van der Waals surface area (Å²) in [4.78, 5) is 0. The van der Waals surface area contributed by atoms with Gasteiger partial charge in [-0.1, -0.05) is 85.4 Å². The van der Waals surface area contributed by atoms with E-state index in [1.54, 1.807) is 11.8 Å². The predicted molar refractivity (Wildman–Crippen MR) is 106 cm³/mol. The summed E-state index contributed by atoms with van der Waals surface area (Å²) in [5.74, 6) is 1.48. The molecule has 0 saturated carbocycles. The summed E-state index contributed by atoms with van der Waals surface area (Å²) < 4.78 is 5.82. The van der Waals surface area contributed by atoms with Gasteiger partial charge in [0.15, 0.2) is 0 Å². The van der Waals surface area contributed by atoms with E-state index in [2.05, 4.69) is 83.9 Å². The van der Waals surface area contributed by atoms with Gasteiger partial charge in [0, 0.05) is 5.75 Å². The van der Waals surface area contributed by atoms with Crippen molar-refractivity contribution in [3.8, 4) is 0 Å². The van der Waals surface area contributed by atoms with Crippen molar-refractivity contribution in [2.45, 2.75) is 30.7 Å². The molecule has 4 rings (SSSR count). The summed E-state index contributed by atoms with van der Waals surface area (Å²) in [6.45, 7) is 2.16. The Morgan fingerprint density at radius 3 is 2.46 bits per heavy atom. The predicted octanol–water partition coefficient (Wildman–Crippen LogP) is 5.67. The van der Waals surface area contributed by atoms with Crippen LogP contribution in [0.2, 0.25) is 0 Å². The maximum Gasteiger partial charge on any atom is 0.276 e. The van der Waals surface area contributed by atoms with Crippen LogP contribution in [0.4, 0.5) is 0 Å². The summed E-state index contributed by atoms with van der Waals surface area (Å²) in [6.07, 6.45) is 1.72. The molecular formula is C22H20N2OS. The number of hydrogen-bond acceptors (Lipinski definition) is 4. The fourth-order valence-corrected chi connectivity index (χ4v) is 3.78. The molecule has 0 bridgehead atoms. The van der Waals surface area contributed by atoms with Gasteiger partial charge in [-0.05, 0) is 33.9 Å². The van der Waals surface area contributed by atoms with Crippen LogP contribution in [-0.2, 0) is 18.6 Å². The molecule has 4 aromatic rings. The van der Waals surface area contributed by atoms with Crippen LogP contribution in [0.25, 0.3) is 10.8 Å². The monoisotopic (exact) mass is 360 g/mol. The smallest absolute Gasteiger partial charge is 0.276 e. The highest BCUT2D eigenvalue weighted by Gasteiger charge is 2.09. The minimum Gasteiger partial charge on any atom is -0.416 e. The van der Waals surface area contributed by atoms with Crippen molar-refractivity contribution in [3.05, 3.63) is 89.3 Å². The first-order valence-electron chi connectivity index (χ1n) is 8.81. The highest BCUT2D eigenvalue weighted by molar-refractivity contribution is 7.98. The average molecular weight is 360 g/mol. The number of thioether (sulfide) groups is 1.